The molecule has 3 N–H and O–H groups in total. The number of halogens is 2. The van der Waals surface area contributed by atoms with Crippen LogP contribution in [-0.4, -0.2) is 30.0 Å². The molecule has 0 fully saturated rings. The fourth-order valence-corrected chi connectivity index (χ4v) is 3.21. The SMILES string of the molecule is CN(Cc1cn[nH]c1)S(=O)(=O)c1cc(Cl)cc(N)c1F. The Kier molecular flexibility index (Phi) is 3.98. The van der Waals surface area contributed by atoms with Crippen LogP contribution in [0.25, 0.3) is 0 Å². The molecule has 1 aromatic heterocycles. The minimum absolute atomic E-state index is 0.0463. The van der Waals surface area contributed by atoms with Crippen LogP contribution in [0, 0.1) is 5.82 Å². The van der Waals surface area contributed by atoms with E-state index in [1.54, 1.807) is 6.20 Å². The number of aromatic amines is 1. The van der Waals surface area contributed by atoms with E-state index >= 15 is 0 Å². The summed E-state index contributed by atoms with van der Waals surface area (Å²) in [6.07, 6.45) is 3.03. The summed E-state index contributed by atoms with van der Waals surface area (Å²) in [6, 6.07) is 2.19. The van der Waals surface area contributed by atoms with Gasteiger partial charge in [-0.25, -0.2) is 12.8 Å². The van der Waals surface area contributed by atoms with Gasteiger partial charge in [0, 0.05) is 30.4 Å². The van der Waals surface area contributed by atoms with Crippen LogP contribution in [0.1, 0.15) is 5.56 Å². The van der Waals surface area contributed by atoms with Gasteiger partial charge in [0.1, 0.15) is 4.90 Å². The van der Waals surface area contributed by atoms with Crippen molar-refractivity contribution in [2.24, 2.45) is 0 Å². The zero-order valence-electron chi connectivity index (χ0n) is 10.5. The van der Waals surface area contributed by atoms with E-state index < -0.39 is 20.7 Å². The first-order valence-corrected chi connectivity index (χ1v) is 7.32. The lowest BCUT2D eigenvalue weighted by Crippen LogP contribution is -2.27. The van der Waals surface area contributed by atoms with Crippen molar-refractivity contribution in [3.8, 4) is 0 Å². The summed E-state index contributed by atoms with van der Waals surface area (Å²) >= 11 is 5.73. The van der Waals surface area contributed by atoms with Crippen LogP contribution in [0.5, 0.6) is 0 Å². The molecule has 9 heteroatoms. The van der Waals surface area contributed by atoms with E-state index in [1.807, 2.05) is 0 Å². The highest BCUT2D eigenvalue weighted by atomic mass is 35.5. The normalized spacial score (nSPS) is 12.0. The van der Waals surface area contributed by atoms with Crippen LogP contribution in [0.3, 0.4) is 0 Å². The van der Waals surface area contributed by atoms with Gasteiger partial charge in [-0.1, -0.05) is 11.6 Å². The second-order valence-corrected chi connectivity index (χ2v) is 6.62. The average molecular weight is 319 g/mol. The molecule has 0 aliphatic heterocycles. The van der Waals surface area contributed by atoms with Crippen LogP contribution < -0.4 is 5.73 Å². The second kappa shape index (κ2) is 5.39. The van der Waals surface area contributed by atoms with Gasteiger partial charge in [0.15, 0.2) is 5.82 Å². The van der Waals surface area contributed by atoms with Crippen LogP contribution in [0.4, 0.5) is 10.1 Å². The molecule has 1 aromatic carbocycles. The average Bonchev–Trinajstić information content (AvgIpc) is 2.86. The lowest BCUT2D eigenvalue weighted by atomic mass is 10.3. The van der Waals surface area contributed by atoms with Gasteiger partial charge in [-0.3, -0.25) is 5.10 Å². The minimum atomic E-state index is -4.04. The summed E-state index contributed by atoms with van der Waals surface area (Å²) in [4.78, 5) is -0.548. The number of nitrogens with zero attached hydrogens (tertiary/aromatic N) is 2. The van der Waals surface area contributed by atoms with Crippen molar-refractivity contribution in [1.82, 2.24) is 14.5 Å². The zero-order chi connectivity index (χ0) is 14.9. The maximum atomic E-state index is 13.9. The number of sulfonamides is 1. The number of hydrogen-bond acceptors (Lipinski definition) is 4. The zero-order valence-corrected chi connectivity index (χ0v) is 12.0. The minimum Gasteiger partial charge on any atom is -0.396 e. The first-order chi connectivity index (χ1) is 9.32. The third kappa shape index (κ3) is 2.77. The Labute approximate surface area is 120 Å². The number of rotatable bonds is 4. The maximum Gasteiger partial charge on any atom is 0.246 e. The molecule has 108 valence electrons. The lowest BCUT2D eigenvalue weighted by Gasteiger charge is -2.17. The van der Waals surface area contributed by atoms with Crippen molar-refractivity contribution in [3.05, 3.63) is 40.9 Å². The van der Waals surface area contributed by atoms with Gasteiger partial charge in [-0.05, 0) is 12.1 Å². The number of nitrogen functional groups attached to an aromatic ring is 1. The molecule has 0 unspecified atom stereocenters. The fraction of sp³-hybridized carbons (Fsp3) is 0.182. The van der Waals surface area contributed by atoms with Crippen LogP contribution in [0.15, 0.2) is 29.4 Å². The molecule has 20 heavy (non-hydrogen) atoms. The molecule has 0 radical (unpaired) electrons. The first-order valence-electron chi connectivity index (χ1n) is 5.51. The highest BCUT2D eigenvalue weighted by molar-refractivity contribution is 7.89. The highest BCUT2D eigenvalue weighted by Gasteiger charge is 2.26. The smallest absolute Gasteiger partial charge is 0.246 e. The summed E-state index contributed by atoms with van der Waals surface area (Å²) in [5, 5.41) is 6.34. The standard InChI is InChI=1S/C11H12ClFN4O2S/c1-17(6-7-4-15-16-5-7)20(18,19)10-3-8(12)2-9(14)11(10)13/h2-5H,6,14H2,1H3,(H,15,16). The summed E-state index contributed by atoms with van der Waals surface area (Å²) in [6.45, 7) is 0.0463. The van der Waals surface area contributed by atoms with Crippen molar-refractivity contribution in [2.45, 2.75) is 11.4 Å². The first kappa shape index (κ1) is 14.8. The van der Waals surface area contributed by atoms with Gasteiger partial charge in [0.05, 0.1) is 11.9 Å². The fourth-order valence-electron chi connectivity index (χ4n) is 1.65. The van der Waals surface area contributed by atoms with Gasteiger partial charge >= 0.3 is 0 Å². The molecule has 2 aromatic rings. The molecule has 0 aliphatic rings. The Bertz CT molecular complexity index is 718. The van der Waals surface area contributed by atoms with Gasteiger partial charge in [0.25, 0.3) is 0 Å². The van der Waals surface area contributed by atoms with Crippen LogP contribution in [0.2, 0.25) is 5.02 Å². The van der Waals surface area contributed by atoms with Crippen molar-refractivity contribution < 1.29 is 12.8 Å². The molecule has 0 spiro atoms. The number of anilines is 1. The lowest BCUT2D eigenvalue weighted by molar-refractivity contribution is 0.460. The summed E-state index contributed by atoms with van der Waals surface area (Å²) in [5.74, 6) is -1.01. The molecule has 6 nitrogen and oxygen atoms in total. The quantitative estimate of drug-likeness (QED) is 0.838. The molecule has 0 saturated heterocycles. The number of aromatic nitrogens is 2. The molecule has 0 saturated carbocycles. The Morgan fingerprint density at radius 3 is 2.80 bits per heavy atom. The Morgan fingerprint density at radius 2 is 2.20 bits per heavy atom. The van der Waals surface area contributed by atoms with Crippen molar-refractivity contribution in [3.63, 3.8) is 0 Å². The topological polar surface area (TPSA) is 92.1 Å². The van der Waals surface area contributed by atoms with Gasteiger partial charge in [0.2, 0.25) is 10.0 Å². The predicted octanol–water partition coefficient (Wildman–Crippen LogP) is 1.61. The van der Waals surface area contributed by atoms with Gasteiger partial charge in [-0.15, -0.1) is 0 Å². The van der Waals surface area contributed by atoms with Crippen molar-refractivity contribution >= 4 is 27.3 Å². The summed E-state index contributed by atoms with van der Waals surface area (Å²) in [5.41, 5.74) is 5.73. The maximum absolute atomic E-state index is 13.9. The Morgan fingerprint density at radius 1 is 1.50 bits per heavy atom. The van der Waals surface area contributed by atoms with Crippen molar-refractivity contribution in [2.75, 3.05) is 12.8 Å². The number of benzene rings is 1. The Hall–Kier alpha value is -1.64. The van der Waals surface area contributed by atoms with Gasteiger partial charge in [-0.2, -0.15) is 9.40 Å². The van der Waals surface area contributed by atoms with E-state index in [2.05, 4.69) is 10.2 Å². The number of nitrogens with two attached hydrogens (primary N) is 1. The van der Waals surface area contributed by atoms with Crippen molar-refractivity contribution in [1.29, 1.82) is 0 Å². The van der Waals surface area contributed by atoms with Crippen LogP contribution in [-0.2, 0) is 16.6 Å². The van der Waals surface area contributed by atoms with E-state index in [4.69, 9.17) is 17.3 Å². The molecular weight excluding hydrogens is 307 g/mol. The highest BCUT2D eigenvalue weighted by Crippen LogP contribution is 2.27. The third-order valence-electron chi connectivity index (χ3n) is 2.68. The van der Waals surface area contributed by atoms with E-state index in [0.717, 1.165) is 16.4 Å². The third-order valence-corrected chi connectivity index (χ3v) is 4.70. The summed E-state index contributed by atoms with van der Waals surface area (Å²) < 4.78 is 39.6. The molecule has 0 atom stereocenters. The van der Waals surface area contributed by atoms with E-state index in [9.17, 15) is 12.8 Å². The molecule has 2 rings (SSSR count). The summed E-state index contributed by atoms with van der Waals surface area (Å²) in [7, 11) is -2.71. The Balaban J connectivity index is 2.40. The molecule has 0 amide bonds. The molecule has 0 aliphatic carbocycles. The monoisotopic (exact) mass is 318 g/mol. The largest absolute Gasteiger partial charge is 0.396 e. The number of hydrogen-bond donors (Lipinski definition) is 2. The van der Waals surface area contributed by atoms with E-state index in [0.29, 0.717) is 5.56 Å². The number of nitrogens with one attached hydrogen (secondary N) is 1. The predicted molar refractivity (Wildman–Crippen MR) is 73.1 cm³/mol. The van der Waals surface area contributed by atoms with E-state index in [1.165, 1.54) is 13.2 Å². The second-order valence-electron chi connectivity index (χ2n) is 4.17. The van der Waals surface area contributed by atoms with Gasteiger partial charge < -0.3 is 5.73 Å². The molecular formula is C11H12ClFN4O2S. The van der Waals surface area contributed by atoms with E-state index in [-0.39, 0.29) is 17.3 Å². The van der Waals surface area contributed by atoms with Crippen LogP contribution >= 0.6 is 11.6 Å². The molecule has 0 bridgehead atoms. The number of H-pyrrole nitrogens is 1. The molecule has 1 heterocycles.